The van der Waals surface area contributed by atoms with Crippen LogP contribution in [0.4, 0.5) is 11.8 Å². The van der Waals surface area contributed by atoms with Crippen LogP contribution in [0.1, 0.15) is 35.9 Å². The third-order valence-electron chi connectivity index (χ3n) is 4.67. The van der Waals surface area contributed by atoms with Crippen molar-refractivity contribution >= 4 is 29.2 Å². The molecule has 0 saturated heterocycles. The molecule has 0 spiro atoms. The molecule has 0 fully saturated rings. The second kappa shape index (κ2) is 4.71. The second-order valence-corrected chi connectivity index (χ2v) is 6.61. The molecule has 0 aromatic carbocycles. The van der Waals surface area contributed by atoms with Gasteiger partial charge in [-0.15, -0.1) is 4.57 Å². The number of hydrogen-bond acceptors (Lipinski definition) is 4. The zero-order valence-electron chi connectivity index (χ0n) is 13.9. The Labute approximate surface area is 134 Å². The Hall–Kier alpha value is -2.57. The quantitative estimate of drug-likeness (QED) is 0.838. The van der Waals surface area contributed by atoms with Gasteiger partial charge in [-0.2, -0.15) is 4.40 Å². The number of aromatic carboxylic acids is 1. The van der Waals surface area contributed by atoms with E-state index in [-0.39, 0.29) is 17.4 Å². The van der Waals surface area contributed by atoms with E-state index in [9.17, 15) is 14.7 Å². The SMILES string of the molecule is CC(C)C1(C)Nc2c3c(C(=O)O)ccc[n+]3c(N(C)C)n2C1=O. The largest absolute Gasteiger partial charge is 0.478 e. The molecule has 2 aromatic heterocycles. The average Bonchev–Trinajstić information content (AvgIpc) is 2.92. The van der Waals surface area contributed by atoms with Gasteiger partial charge in [-0.1, -0.05) is 13.8 Å². The van der Waals surface area contributed by atoms with Gasteiger partial charge < -0.3 is 10.4 Å². The van der Waals surface area contributed by atoms with Crippen molar-refractivity contribution in [3.63, 3.8) is 0 Å². The lowest BCUT2D eigenvalue weighted by Gasteiger charge is -2.25. The summed E-state index contributed by atoms with van der Waals surface area (Å²) in [6.45, 7) is 5.80. The number of carbonyl (C=O) groups excluding carboxylic acids is 1. The zero-order valence-corrected chi connectivity index (χ0v) is 13.9. The Morgan fingerprint density at radius 3 is 2.61 bits per heavy atom. The van der Waals surface area contributed by atoms with Crippen molar-refractivity contribution in [3.8, 4) is 0 Å². The van der Waals surface area contributed by atoms with Crippen LogP contribution in [-0.2, 0) is 0 Å². The van der Waals surface area contributed by atoms with Crippen molar-refractivity contribution in [1.29, 1.82) is 0 Å². The monoisotopic (exact) mass is 317 g/mol. The maximum absolute atomic E-state index is 13.0. The zero-order chi connectivity index (χ0) is 17.1. The Morgan fingerprint density at radius 2 is 2.09 bits per heavy atom. The summed E-state index contributed by atoms with van der Waals surface area (Å²) in [5.41, 5.74) is -0.0976. The molecule has 1 aliphatic heterocycles. The number of imidazole rings is 1. The van der Waals surface area contributed by atoms with Crippen LogP contribution in [-0.4, -0.2) is 41.2 Å². The normalized spacial score (nSPS) is 20.0. The maximum Gasteiger partial charge on any atom is 0.373 e. The smallest absolute Gasteiger partial charge is 0.373 e. The van der Waals surface area contributed by atoms with Gasteiger partial charge in [0.15, 0.2) is 5.52 Å². The van der Waals surface area contributed by atoms with Crippen molar-refractivity contribution in [3.05, 3.63) is 23.9 Å². The van der Waals surface area contributed by atoms with Crippen LogP contribution >= 0.6 is 0 Å². The minimum absolute atomic E-state index is 0.0574. The third-order valence-corrected chi connectivity index (χ3v) is 4.67. The van der Waals surface area contributed by atoms with Gasteiger partial charge in [-0.3, -0.25) is 9.69 Å². The number of nitrogens with zero attached hydrogens (tertiary/aromatic N) is 3. The molecule has 1 atom stereocenters. The Bertz CT molecular complexity index is 837. The van der Waals surface area contributed by atoms with Gasteiger partial charge in [0.25, 0.3) is 0 Å². The lowest BCUT2D eigenvalue weighted by atomic mass is 9.88. The highest BCUT2D eigenvalue weighted by molar-refractivity contribution is 6.06. The molecule has 7 nitrogen and oxygen atoms in total. The highest BCUT2D eigenvalue weighted by Gasteiger charge is 2.52. The van der Waals surface area contributed by atoms with Gasteiger partial charge in [0.2, 0.25) is 5.82 Å². The summed E-state index contributed by atoms with van der Waals surface area (Å²) in [6.07, 6.45) is 1.77. The van der Waals surface area contributed by atoms with Crippen molar-refractivity contribution in [2.75, 3.05) is 24.3 Å². The van der Waals surface area contributed by atoms with Crippen molar-refractivity contribution in [2.45, 2.75) is 26.3 Å². The number of carboxylic acid groups (broad SMARTS) is 1. The second-order valence-electron chi connectivity index (χ2n) is 6.61. The number of carboxylic acids is 1. The van der Waals surface area contributed by atoms with Crippen LogP contribution in [0, 0.1) is 5.92 Å². The van der Waals surface area contributed by atoms with Crippen molar-refractivity contribution < 1.29 is 19.1 Å². The fourth-order valence-corrected chi connectivity index (χ4v) is 3.05. The lowest BCUT2D eigenvalue weighted by Crippen LogP contribution is -2.46. The van der Waals surface area contributed by atoms with Crippen molar-refractivity contribution in [2.24, 2.45) is 5.92 Å². The average molecular weight is 317 g/mol. The van der Waals surface area contributed by atoms with Gasteiger partial charge in [-0.05, 0) is 25.0 Å². The highest BCUT2D eigenvalue weighted by Crippen LogP contribution is 2.38. The molecule has 23 heavy (non-hydrogen) atoms. The number of carbonyl (C=O) groups is 2. The van der Waals surface area contributed by atoms with Crippen LogP contribution in [0.15, 0.2) is 18.3 Å². The Morgan fingerprint density at radius 1 is 1.43 bits per heavy atom. The minimum Gasteiger partial charge on any atom is -0.478 e. The summed E-state index contributed by atoms with van der Waals surface area (Å²) >= 11 is 0. The molecule has 2 aromatic rings. The molecule has 1 aliphatic rings. The first-order chi connectivity index (χ1) is 10.7. The standard InChI is InChI=1S/C16H20N4O3/c1-9(2)16(3)14(23)20-12(17-16)11-10(13(21)22)7-6-8-19(11)15(20)18(4)5/h6-9,17H,1-5H3/p+1. The molecule has 0 amide bonds. The summed E-state index contributed by atoms with van der Waals surface area (Å²) < 4.78 is 3.32. The van der Waals surface area contributed by atoms with Crippen molar-refractivity contribution in [1.82, 2.24) is 4.57 Å². The first-order valence-electron chi connectivity index (χ1n) is 7.52. The molecule has 7 heteroatoms. The van der Waals surface area contributed by atoms with Crippen LogP contribution in [0.25, 0.3) is 5.52 Å². The number of nitrogens with one attached hydrogen (secondary N) is 1. The predicted octanol–water partition coefficient (Wildman–Crippen LogP) is 1.47. The number of aromatic nitrogens is 2. The summed E-state index contributed by atoms with van der Waals surface area (Å²) in [4.78, 5) is 26.5. The van der Waals surface area contributed by atoms with E-state index >= 15 is 0 Å². The van der Waals surface area contributed by atoms with Gasteiger partial charge in [0.05, 0.1) is 20.3 Å². The first-order valence-corrected chi connectivity index (χ1v) is 7.52. The van der Waals surface area contributed by atoms with E-state index in [1.807, 2.05) is 39.8 Å². The number of pyridine rings is 1. The summed E-state index contributed by atoms with van der Waals surface area (Å²) in [5, 5.41) is 12.8. The van der Waals surface area contributed by atoms with E-state index in [0.717, 1.165) is 0 Å². The molecule has 2 N–H and O–H groups in total. The summed E-state index contributed by atoms with van der Waals surface area (Å²) in [5.74, 6) is 0.121. The molecule has 0 saturated carbocycles. The predicted molar refractivity (Wildman–Crippen MR) is 86.4 cm³/mol. The van der Waals surface area contributed by atoms with Gasteiger partial charge in [-0.25, -0.2) is 4.79 Å². The van der Waals surface area contributed by atoms with E-state index in [1.165, 1.54) is 0 Å². The lowest BCUT2D eigenvalue weighted by molar-refractivity contribution is -0.497. The summed E-state index contributed by atoms with van der Waals surface area (Å²) in [7, 11) is 3.67. The minimum atomic E-state index is -1.02. The molecule has 0 aliphatic carbocycles. The van der Waals surface area contributed by atoms with Crippen LogP contribution in [0.2, 0.25) is 0 Å². The number of hydrogen-bond donors (Lipinski definition) is 2. The fourth-order valence-electron chi connectivity index (χ4n) is 3.05. The van der Waals surface area contributed by atoms with Crippen LogP contribution < -0.4 is 14.6 Å². The van der Waals surface area contributed by atoms with Gasteiger partial charge >= 0.3 is 17.8 Å². The van der Waals surface area contributed by atoms with E-state index in [0.29, 0.717) is 17.3 Å². The maximum atomic E-state index is 13.0. The molecular weight excluding hydrogens is 296 g/mol. The molecule has 1 unspecified atom stereocenters. The van der Waals surface area contributed by atoms with E-state index in [4.69, 9.17) is 0 Å². The Kier molecular flexibility index (Phi) is 3.14. The molecule has 0 radical (unpaired) electrons. The number of rotatable bonds is 3. The molecule has 3 heterocycles. The van der Waals surface area contributed by atoms with Gasteiger partial charge in [0, 0.05) is 0 Å². The molecular formula is C16H21N4O3+. The first kappa shape index (κ1) is 15.3. The van der Waals surface area contributed by atoms with E-state index in [2.05, 4.69) is 5.32 Å². The third kappa shape index (κ3) is 1.85. The van der Waals surface area contributed by atoms with Gasteiger partial charge in [0.1, 0.15) is 11.1 Å². The van der Waals surface area contributed by atoms with Crippen LogP contribution in [0.5, 0.6) is 0 Å². The van der Waals surface area contributed by atoms with Crippen LogP contribution in [0.3, 0.4) is 0 Å². The van der Waals surface area contributed by atoms with E-state index < -0.39 is 11.5 Å². The van der Waals surface area contributed by atoms with E-state index in [1.54, 1.807) is 27.3 Å². The topological polar surface area (TPSA) is 78.7 Å². The Balaban J connectivity index is 2.42. The highest BCUT2D eigenvalue weighted by atomic mass is 16.4. The number of fused-ring (bicyclic) bond motifs is 3. The summed E-state index contributed by atoms with van der Waals surface area (Å²) in [6, 6.07) is 3.22. The molecule has 0 bridgehead atoms. The molecule has 122 valence electrons. The molecule has 3 rings (SSSR count). The number of anilines is 2. The fraction of sp³-hybridized carbons (Fsp3) is 0.438.